The first-order valence-corrected chi connectivity index (χ1v) is 14.3. The number of aliphatic hydroxyl groups excluding tert-OH is 1. The first-order valence-electron chi connectivity index (χ1n) is 14.3. The van der Waals surface area contributed by atoms with Crippen LogP contribution in [-0.4, -0.2) is 69.7 Å². The highest BCUT2D eigenvalue weighted by Crippen LogP contribution is 2.56. The van der Waals surface area contributed by atoms with Gasteiger partial charge in [-0.3, -0.25) is 14.4 Å². The Morgan fingerprint density at radius 1 is 1.12 bits per heavy atom. The molecule has 0 spiro atoms. The van der Waals surface area contributed by atoms with Crippen molar-refractivity contribution >= 4 is 23.9 Å². The van der Waals surface area contributed by atoms with Crippen molar-refractivity contribution < 1.29 is 48.3 Å². The minimum absolute atomic E-state index is 0.141. The fourth-order valence-electron chi connectivity index (χ4n) is 6.36. The lowest BCUT2D eigenvalue weighted by atomic mass is 9.78. The van der Waals surface area contributed by atoms with Gasteiger partial charge in [-0.1, -0.05) is 38.7 Å². The van der Waals surface area contributed by atoms with Gasteiger partial charge in [0.05, 0.1) is 17.9 Å². The van der Waals surface area contributed by atoms with E-state index >= 15 is 0 Å². The van der Waals surface area contributed by atoms with Gasteiger partial charge in [-0.15, -0.1) is 0 Å². The third-order valence-corrected chi connectivity index (χ3v) is 8.74. The molecule has 0 aromatic heterocycles. The zero-order valence-corrected chi connectivity index (χ0v) is 24.7. The van der Waals surface area contributed by atoms with Gasteiger partial charge in [0.2, 0.25) is 0 Å². The van der Waals surface area contributed by atoms with Gasteiger partial charge >= 0.3 is 23.9 Å². The highest BCUT2D eigenvalue weighted by Gasteiger charge is 2.69. The predicted octanol–water partition coefficient (Wildman–Crippen LogP) is 3.46. The van der Waals surface area contributed by atoms with Crippen molar-refractivity contribution in [2.75, 3.05) is 0 Å². The molecule has 2 fully saturated rings. The summed E-state index contributed by atoms with van der Waals surface area (Å²) in [5.74, 6) is -4.57. The Bertz CT molecular complexity index is 1080. The Morgan fingerprint density at radius 2 is 1.77 bits per heavy atom. The Balaban J connectivity index is 2.11. The van der Waals surface area contributed by atoms with E-state index in [0.717, 1.165) is 25.7 Å². The molecule has 10 heteroatoms. The Morgan fingerprint density at radius 3 is 2.38 bits per heavy atom. The number of fused-ring (bicyclic) bond motifs is 3. The molecule has 1 aliphatic heterocycles. The van der Waals surface area contributed by atoms with E-state index in [1.807, 2.05) is 0 Å². The normalized spacial score (nSPS) is 35.4. The maximum absolute atomic E-state index is 13.1. The smallest absolute Gasteiger partial charge is 0.334 e. The molecule has 2 aliphatic carbocycles. The minimum Gasteiger partial charge on any atom is -0.459 e. The number of rotatable bonds is 10. The molecule has 0 radical (unpaired) electrons. The van der Waals surface area contributed by atoms with Crippen LogP contribution in [-0.2, 0) is 38.1 Å². The fourth-order valence-corrected chi connectivity index (χ4v) is 6.36. The molecule has 8 atom stereocenters. The molecule has 0 aromatic rings. The number of aliphatic hydroxyl groups is 2. The summed E-state index contributed by atoms with van der Waals surface area (Å²) in [7, 11) is 0. The second-order valence-corrected chi connectivity index (χ2v) is 11.6. The molecule has 1 saturated heterocycles. The van der Waals surface area contributed by atoms with E-state index in [9.17, 15) is 29.4 Å². The van der Waals surface area contributed by atoms with E-state index in [1.54, 1.807) is 33.8 Å². The van der Waals surface area contributed by atoms with Crippen molar-refractivity contribution in [1.82, 2.24) is 0 Å². The van der Waals surface area contributed by atoms with E-state index in [0.29, 0.717) is 23.1 Å². The number of carbonyl (C=O) groups is 4. The second kappa shape index (κ2) is 12.4. The van der Waals surface area contributed by atoms with E-state index in [-0.39, 0.29) is 12.8 Å². The van der Waals surface area contributed by atoms with Gasteiger partial charge in [0.25, 0.3) is 0 Å². The SMILES string of the molecule is C/C=C(/C)C(=O)O[C@H]1C(C)=C2[C@H]([C@@H]1OC(=O)CCCCCCC)[C@@](C)(OC(C)=O)C[C@H](O)[C@]1(O)[C@@H](C)C(=O)O[C@@H]21. The minimum atomic E-state index is -2.05. The van der Waals surface area contributed by atoms with Gasteiger partial charge in [0, 0.05) is 25.3 Å². The van der Waals surface area contributed by atoms with E-state index < -0.39 is 71.3 Å². The molecule has 0 amide bonds. The zero-order chi connectivity index (χ0) is 30.0. The number of hydrogen-bond acceptors (Lipinski definition) is 10. The maximum atomic E-state index is 13.1. The summed E-state index contributed by atoms with van der Waals surface area (Å²) in [5.41, 5.74) is -2.49. The van der Waals surface area contributed by atoms with E-state index in [2.05, 4.69) is 6.92 Å². The van der Waals surface area contributed by atoms with Crippen LogP contribution in [0.15, 0.2) is 22.8 Å². The summed E-state index contributed by atoms with van der Waals surface area (Å²) >= 11 is 0. The lowest BCUT2D eigenvalue weighted by molar-refractivity contribution is -0.185. The molecule has 0 bridgehead atoms. The van der Waals surface area contributed by atoms with Crippen LogP contribution in [0.3, 0.4) is 0 Å². The molecule has 3 aliphatic rings. The lowest BCUT2D eigenvalue weighted by Gasteiger charge is -2.39. The van der Waals surface area contributed by atoms with Gasteiger partial charge < -0.3 is 29.2 Å². The largest absolute Gasteiger partial charge is 0.459 e. The highest BCUT2D eigenvalue weighted by molar-refractivity contribution is 5.88. The molecule has 0 aromatic carbocycles. The van der Waals surface area contributed by atoms with Crippen LogP contribution in [0.25, 0.3) is 0 Å². The summed E-state index contributed by atoms with van der Waals surface area (Å²) in [6.45, 7) is 11.3. The summed E-state index contributed by atoms with van der Waals surface area (Å²) < 4.78 is 23.3. The van der Waals surface area contributed by atoms with Crippen molar-refractivity contribution in [1.29, 1.82) is 0 Å². The quantitative estimate of drug-likeness (QED) is 0.133. The summed E-state index contributed by atoms with van der Waals surface area (Å²) in [6.07, 6.45) is 0.970. The number of allylic oxidation sites excluding steroid dienone is 1. The van der Waals surface area contributed by atoms with Crippen molar-refractivity contribution in [2.24, 2.45) is 11.8 Å². The number of ether oxygens (including phenoxy) is 4. The predicted molar refractivity (Wildman–Crippen MR) is 144 cm³/mol. The molecule has 10 nitrogen and oxygen atoms in total. The van der Waals surface area contributed by atoms with Crippen LogP contribution in [0.2, 0.25) is 0 Å². The zero-order valence-electron chi connectivity index (χ0n) is 24.7. The molecule has 1 heterocycles. The average molecular weight is 565 g/mol. The molecular formula is C30H44O10. The van der Waals surface area contributed by atoms with Gasteiger partial charge in [-0.2, -0.15) is 0 Å². The van der Waals surface area contributed by atoms with Crippen LogP contribution >= 0.6 is 0 Å². The first kappa shape index (κ1) is 31.8. The fraction of sp³-hybridized carbons (Fsp3) is 0.733. The Hall–Kier alpha value is -2.72. The average Bonchev–Trinajstić information content (AvgIpc) is 3.25. The monoisotopic (exact) mass is 564 g/mol. The first-order chi connectivity index (χ1) is 18.7. The standard InChI is InChI=1S/C30H44O10/c1-8-10-11-12-13-14-21(33)37-25-23-22(17(4)24(25)38-27(34)16(3)9-2)26-30(36,18(5)28(35)39-26)20(32)15-29(23,7)40-19(6)31/h9,18,20,23-26,32,36H,8,10-15H2,1-7H3/b16-9-/t18-,20-,23+,24-,25-,26-,29-,30+/m0/s1. The van der Waals surface area contributed by atoms with Crippen molar-refractivity contribution in [3.8, 4) is 0 Å². The molecule has 224 valence electrons. The summed E-state index contributed by atoms with van der Waals surface area (Å²) in [4.78, 5) is 51.1. The maximum Gasteiger partial charge on any atom is 0.334 e. The van der Waals surface area contributed by atoms with E-state index in [4.69, 9.17) is 18.9 Å². The van der Waals surface area contributed by atoms with Crippen molar-refractivity contribution in [3.63, 3.8) is 0 Å². The number of unbranched alkanes of at least 4 members (excludes halogenated alkanes) is 4. The van der Waals surface area contributed by atoms with Crippen molar-refractivity contribution in [3.05, 3.63) is 22.8 Å². The molecule has 3 rings (SSSR count). The third kappa shape index (κ3) is 5.84. The van der Waals surface area contributed by atoms with Crippen molar-refractivity contribution in [2.45, 2.75) is 129 Å². The van der Waals surface area contributed by atoms with Crippen LogP contribution < -0.4 is 0 Å². The summed E-state index contributed by atoms with van der Waals surface area (Å²) in [5, 5.41) is 23.1. The number of carbonyl (C=O) groups excluding carboxylic acids is 4. The highest BCUT2D eigenvalue weighted by atomic mass is 16.6. The number of esters is 4. The second-order valence-electron chi connectivity index (χ2n) is 11.6. The lowest BCUT2D eigenvalue weighted by Crippen LogP contribution is -2.54. The van der Waals surface area contributed by atoms with Crippen LogP contribution in [0, 0.1) is 11.8 Å². The molecule has 2 N–H and O–H groups in total. The van der Waals surface area contributed by atoms with Crippen LogP contribution in [0.1, 0.15) is 93.4 Å². The summed E-state index contributed by atoms with van der Waals surface area (Å²) in [6, 6.07) is 0. The Labute approximate surface area is 236 Å². The van der Waals surface area contributed by atoms with Gasteiger partial charge in [0.1, 0.15) is 11.2 Å². The third-order valence-electron chi connectivity index (χ3n) is 8.74. The van der Waals surface area contributed by atoms with Gasteiger partial charge in [-0.05, 0) is 52.2 Å². The van der Waals surface area contributed by atoms with Crippen LogP contribution in [0.5, 0.6) is 0 Å². The number of hydrogen-bond donors (Lipinski definition) is 2. The molecule has 40 heavy (non-hydrogen) atoms. The molecule has 1 saturated carbocycles. The molecule has 0 unspecified atom stereocenters. The van der Waals surface area contributed by atoms with Gasteiger partial charge in [-0.25, -0.2) is 4.79 Å². The van der Waals surface area contributed by atoms with Crippen LogP contribution in [0.4, 0.5) is 0 Å². The van der Waals surface area contributed by atoms with E-state index in [1.165, 1.54) is 13.8 Å². The molecular weight excluding hydrogens is 520 g/mol. The topological polar surface area (TPSA) is 146 Å². The van der Waals surface area contributed by atoms with Gasteiger partial charge in [0.15, 0.2) is 18.3 Å². The Kier molecular flexibility index (Phi) is 9.88.